The fourth-order valence-electron chi connectivity index (χ4n) is 2.93. The third kappa shape index (κ3) is 3.73. The highest BCUT2D eigenvalue weighted by Gasteiger charge is 2.22. The standard InChI is InChI=1S/C20H14BrF2N5O2/c1-30-16-5-3-2-4-12(16)14-8-15(18(22)23)28-19(26-14)13(10-25-28)20(29)27-17-7-6-11(21)9-24-17/h2-10,18H,1H3,(H,24,27,29). The lowest BCUT2D eigenvalue weighted by Gasteiger charge is -2.11. The van der Waals surface area contributed by atoms with Gasteiger partial charge in [0, 0.05) is 16.2 Å². The summed E-state index contributed by atoms with van der Waals surface area (Å²) in [6.07, 6.45) is -0.0968. The number of halogens is 3. The minimum Gasteiger partial charge on any atom is -0.496 e. The number of hydrogen-bond donors (Lipinski definition) is 1. The summed E-state index contributed by atoms with van der Waals surface area (Å²) in [5.41, 5.74) is 0.418. The van der Waals surface area contributed by atoms with E-state index in [-0.39, 0.29) is 22.6 Å². The van der Waals surface area contributed by atoms with Gasteiger partial charge in [0.2, 0.25) is 0 Å². The zero-order valence-electron chi connectivity index (χ0n) is 15.5. The minimum absolute atomic E-state index is 0.00307. The second-order valence-electron chi connectivity index (χ2n) is 6.18. The van der Waals surface area contributed by atoms with Crippen LogP contribution in [-0.2, 0) is 0 Å². The van der Waals surface area contributed by atoms with Gasteiger partial charge in [-0.3, -0.25) is 4.79 Å². The van der Waals surface area contributed by atoms with Crippen LogP contribution in [0.2, 0.25) is 0 Å². The Kier molecular flexibility index (Phi) is 5.40. The van der Waals surface area contributed by atoms with Crippen LogP contribution in [0.3, 0.4) is 0 Å². The van der Waals surface area contributed by atoms with Gasteiger partial charge in [0.25, 0.3) is 12.3 Å². The molecule has 7 nitrogen and oxygen atoms in total. The number of benzene rings is 1. The number of hydrogen-bond acceptors (Lipinski definition) is 5. The quantitative estimate of drug-likeness (QED) is 0.452. The number of nitrogens with zero attached hydrogens (tertiary/aromatic N) is 4. The molecule has 0 aliphatic carbocycles. The van der Waals surface area contributed by atoms with Crippen molar-refractivity contribution in [2.75, 3.05) is 12.4 Å². The molecule has 0 saturated carbocycles. The van der Waals surface area contributed by atoms with Crippen molar-refractivity contribution in [2.24, 2.45) is 0 Å². The van der Waals surface area contributed by atoms with Crippen LogP contribution in [0.5, 0.6) is 5.75 Å². The Morgan fingerprint density at radius 2 is 2.00 bits per heavy atom. The molecule has 0 aliphatic heterocycles. The van der Waals surface area contributed by atoms with Gasteiger partial charge in [-0.2, -0.15) is 5.10 Å². The van der Waals surface area contributed by atoms with E-state index in [9.17, 15) is 13.6 Å². The van der Waals surface area contributed by atoms with E-state index in [1.54, 1.807) is 36.4 Å². The van der Waals surface area contributed by atoms with Gasteiger partial charge in [-0.15, -0.1) is 0 Å². The Hall–Kier alpha value is -3.40. The van der Waals surface area contributed by atoms with Crippen LogP contribution in [0.25, 0.3) is 16.9 Å². The van der Waals surface area contributed by atoms with Gasteiger partial charge in [-0.25, -0.2) is 23.3 Å². The van der Waals surface area contributed by atoms with Gasteiger partial charge in [0.1, 0.15) is 22.8 Å². The van der Waals surface area contributed by atoms with Crippen molar-refractivity contribution in [2.45, 2.75) is 6.43 Å². The Labute approximate surface area is 177 Å². The number of para-hydroxylation sites is 1. The molecule has 4 rings (SSSR count). The molecule has 1 N–H and O–H groups in total. The van der Waals surface area contributed by atoms with E-state index in [0.29, 0.717) is 17.1 Å². The zero-order chi connectivity index (χ0) is 21.3. The molecule has 0 unspecified atom stereocenters. The predicted molar refractivity (Wildman–Crippen MR) is 110 cm³/mol. The molecule has 0 fully saturated rings. The molecular weight excluding hydrogens is 460 g/mol. The third-order valence-corrected chi connectivity index (χ3v) is 4.79. The SMILES string of the molecule is COc1ccccc1-c1cc(C(F)F)n2ncc(C(=O)Nc3ccc(Br)cn3)c2n1. The maximum absolute atomic E-state index is 13.7. The summed E-state index contributed by atoms with van der Waals surface area (Å²) in [7, 11) is 1.48. The van der Waals surface area contributed by atoms with Crippen LogP contribution in [0, 0.1) is 0 Å². The van der Waals surface area contributed by atoms with E-state index in [2.05, 4.69) is 36.3 Å². The highest BCUT2D eigenvalue weighted by molar-refractivity contribution is 9.10. The molecular formula is C20H14BrF2N5O2. The van der Waals surface area contributed by atoms with Gasteiger partial charge >= 0.3 is 0 Å². The molecule has 0 saturated heterocycles. The average molecular weight is 474 g/mol. The number of amides is 1. The number of carbonyl (C=O) groups is 1. The van der Waals surface area contributed by atoms with Crippen molar-refractivity contribution < 1.29 is 18.3 Å². The highest BCUT2D eigenvalue weighted by atomic mass is 79.9. The second-order valence-corrected chi connectivity index (χ2v) is 7.09. The molecule has 3 heterocycles. The number of fused-ring (bicyclic) bond motifs is 1. The lowest BCUT2D eigenvalue weighted by molar-refractivity contribution is 0.102. The number of nitrogens with one attached hydrogen (secondary N) is 1. The number of methoxy groups -OCH3 is 1. The lowest BCUT2D eigenvalue weighted by Crippen LogP contribution is -2.13. The van der Waals surface area contributed by atoms with Gasteiger partial charge in [-0.05, 0) is 46.3 Å². The fraction of sp³-hybridized carbons (Fsp3) is 0.100. The fourth-order valence-corrected chi connectivity index (χ4v) is 3.16. The molecule has 1 amide bonds. The first-order valence-electron chi connectivity index (χ1n) is 8.71. The number of pyridine rings is 1. The summed E-state index contributed by atoms with van der Waals surface area (Å²) in [4.78, 5) is 21.3. The summed E-state index contributed by atoms with van der Waals surface area (Å²) in [5.74, 6) is 0.210. The molecule has 0 radical (unpaired) electrons. The van der Waals surface area contributed by atoms with Gasteiger partial charge in [0.15, 0.2) is 5.65 Å². The zero-order valence-corrected chi connectivity index (χ0v) is 17.1. The summed E-state index contributed by atoms with van der Waals surface area (Å²) >= 11 is 3.27. The Morgan fingerprint density at radius 3 is 2.70 bits per heavy atom. The van der Waals surface area contributed by atoms with Crippen LogP contribution in [0.4, 0.5) is 14.6 Å². The van der Waals surface area contributed by atoms with Gasteiger partial charge < -0.3 is 10.1 Å². The smallest absolute Gasteiger partial charge is 0.280 e. The van der Waals surface area contributed by atoms with Gasteiger partial charge in [-0.1, -0.05) is 12.1 Å². The van der Waals surface area contributed by atoms with E-state index in [0.717, 1.165) is 8.99 Å². The first-order valence-corrected chi connectivity index (χ1v) is 9.50. The first kappa shape index (κ1) is 19.9. The Morgan fingerprint density at radius 1 is 1.20 bits per heavy atom. The number of anilines is 1. The largest absolute Gasteiger partial charge is 0.496 e. The molecule has 4 aromatic rings. The van der Waals surface area contributed by atoms with Crippen molar-refractivity contribution in [1.29, 1.82) is 0 Å². The van der Waals surface area contributed by atoms with Gasteiger partial charge in [0.05, 0.1) is 19.0 Å². The maximum atomic E-state index is 13.7. The van der Waals surface area contributed by atoms with Crippen molar-refractivity contribution in [3.8, 4) is 17.0 Å². The Bertz CT molecular complexity index is 1230. The number of ether oxygens (including phenoxy) is 1. The van der Waals surface area contributed by atoms with E-state index < -0.39 is 12.3 Å². The lowest BCUT2D eigenvalue weighted by atomic mass is 10.1. The van der Waals surface area contributed by atoms with Crippen LogP contribution in [0.15, 0.2) is 59.3 Å². The number of alkyl halides is 2. The number of carbonyl (C=O) groups excluding carboxylic acids is 1. The number of aromatic nitrogens is 4. The molecule has 0 bridgehead atoms. The molecule has 30 heavy (non-hydrogen) atoms. The minimum atomic E-state index is -2.83. The normalized spacial score (nSPS) is 11.1. The average Bonchev–Trinajstić information content (AvgIpc) is 3.18. The molecule has 0 aliphatic rings. The molecule has 1 aromatic carbocycles. The molecule has 0 atom stereocenters. The second kappa shape index (κ2) is 8.15. The summed E-state index contributed by atoms with van der Waals surface area (Å²) < 4.78 is 34.5. The summed E-state index contributed by atoms with van der Waals surface area (Å²) in [6, 6.07) is 11.5. The molecule has 3 aromatic heterocycles. The highest BCUT2D eigenvalue weighted by Crippen LogP contribution is 2.32. The van der Waals surface area contributed by atoms with Crippen molar-refractivity contribution in [1.82, 2.24) is 19.6 Å². The molecule has 152 valence electrons. The number of rotatable bonds is 5. The summed E-state index contributed by atoms with van der Waals surface area (Å²) in [5, 5.41) is 6.57. The third-order valence-electron chi connectivity index (χ3n) is 4.32. The van der Waals surface area contributed by atoms with Crippen molar-refractivity contribution in [3.63, 3.8) is 0 Å². The molecule has 10 heteroatoms. The predicted octanol–water partition coefficient (Wildman–Crippen LogP) is 4.75. The van der Waals surface area contributed by atoms with E-state index >= 15 is 0 Å². The van der Waals surface area contributed by atoms with Crippen LogP contribution >= 0.6 is 15.9 Å². The van der Waals surface area contributed by atoms with E-state index in [1.165, 1.54) is 25.6 Å². The van der Waals surface area contributed by atoms with E-state index in [4.69, 9.17) is 4.74 Å². The van der Waals surface area contributed by atoms with Crippen LogP contribution < -0.4 is 10.1 Å². The Balaban J connectivity index is 1.83. The van der Waals surface area contributed by atoms with Crippen LogP contribution in [0.1, 0.15) is 22.5 Å². The van der Waals surface area contributed by atoms with E-state index in [1.807, 2.05) is 0 Å². The summed E-state index contributed by atoms with van der Waals surface area (Å²) in [6.45, 7) is 0. The maximum Gasteiger partial charge on any atom is 0.280 e. The van der Waals surface area contributed by atoms with Crippen LogP contribution in [-0.4, -0.2) is 32.6 Å². The molecule has 0 spiro atoms. The first-order chi connectivity index (χ1) is 14.5. The topological polar surface area (TPSA) is 81.4 Å². The van der Waals surface area contributed by atoms with Crippen molar-refractivity contribution in [3.05, 3.63) is 70.6 Å². The monoisotopic (exact) mass is 473 g/mol. The van der Waals surface area contributed by atoms with Crippen molar-refractivity contribution >= 4 is 33.3 Å².